The van der Waals surface area contributed by atoms with Crippen molar-refractivity contribution in [2.75, 3.05) is 19.0 Å². The first-order valence-electron chi connectivity index (χ1n) is 9.93. The van der Waals surface area contributed by atoms with E-state index in [1.807, 2.05) is 79.7 Å². The molecular weight excluding hydrogens is 376 g/mol. The Hall–Kier alpha value is -3.60. The Bertz CT molecular complexity index is 1060. The Balaban J connectivity index is 1.75. The van der Waals surface area contributed by atoms with Crippen molar-refractivity contribution in [3.05, 3.63) is 95.1 Å². The van der Waals surface area contributed by atoms with Crippen molar-refractivity contribution in [3.8, 4) is 5.75 Å². The summed E-state index contributed by atoms with van der Waals surface area (Å²) in [4.78, 5) is 27.7. The number of carbonyl (C=O) groups excluding carboxylic acids is 2. The van der Waals surface area contributed by atoms with Gasteiger partial charge in [-0.15, -0.1) is 0 Å². The summed E-state index contributed by atoms with van der Waals surface area (Å²) in [7, 11) is 1.61. The molecule has 1 atom stereocenters. The number of rotatable bonds is 4. The molecule has 0 bridgehead atoms. The van der Waals surface area contributed by atoms with E-state index in [1.54, 1.807) is 12.0 Å². The van der Waals surface area contributed by atoms with Gasteiger partial charge < -0.3 is 15.0 Å². The fraction of sp³-hybridized carbons (Fsp3) is 0.200. The first-order chi connectivity index (χ1) is 14.5. The summed E-state index contributed by atoms with van der Waals surface area (Å²) in [5, 5.41) is 2.96. The number of nitrogens with one attached hydrogen (secondary N) is 1. The van der Waals surface area contributed by atoms with Gasteiger partial charge in [-0.3, -0.25) is 9.59 Å². The minimum Gasteiger partial charge on any atom is -0.497 e. The van der Waals surface area contributed by atoms with Crippen LogP contribution in [0.2, 0.25) is 0 Å². The molecule has 0 fully saturated rings. The number of carbonyl (C=O) groups is 2. The van der Waals surface area contributed by atoms with E-state index in [0.29, 0.717) is 0 Å². The molecule has 0 unspecified atom stereocenters. The molecule has 3 aromatic rings. The summed E-state index contributed by atoms with van der Waals surface area (Å²) in [6, 6.07) is 22.9. The molecule has 30 heavy (non-hydrogen) atoms. The number of fused-ring (bicyclic) bond motifs is 1. The van der Waals surface area contributed by atoms with Gasteiger partial charge in [-0.2, -0.15) is 0 Å². The van der Waals surface area contributed by atoms with Crippen LogP contribution in [0.15, 0.2) is 72.8 Å². The molecule has 0 aromatic heterocycles. The molecule has 1 aliphatic rings. The van der Waals surface area contributed by atoms with E-state index in [0.717, 1.165) is 33.7 Å². The Morgan fingerprint density at radius 2 is 1.80 bits per heavy atom. The van der Waals surface area contributed by atoms with Gasteiger partial charge >= 0.3 is 0 Å². The minimum atomic E-state index is -0.342. The lowest BCUT2D eigenvalue weighted by molar-refractivity contribution is -0.135. The fourth-order valence-corrected chi connectivity index (χ4v) is 3.87. The standard InChI is InChI=1S/C25H24N2O3/c1-17-8-13-22-21(14-17)25(19-6-4-3-5-7-19)27(16-23(28)26-22)24(29)15-18-9-11-20(30-2)12-10-18/h3-14,25H,15-16H2,1-2H3,(H,26,28)/t25-/m0/s1. The quantitative estimate of drug-likeness (QED) is 0.717. The van der Waals surface area contributed by atoms with Crippen LogP contribution in [0.5, 0.6) is 5.75 Å². The molecular formula is C25H24N2O3. The predicted molar refractivity (Wildman–Crippen MR) is 117 cm³/mol. The van der Waals surface area contributed by atoms with Crippen molar-refractivity contribution < 1.29 is 14.3 Å². The van der Waals surface area contributed by atoms with Gasteiger partial charge in [0.2, 0.25) is 11.8 Å². The lowest BCUT2D eigenvalue weighted by Crippen LogP contribution is -2.39. The van der Waals surface area contributed by atoms with Crippen LogP contribution in [0.25, 0.3) is 0 Å². The molecule has 2 amide bonds. The van der Waals surface area contributed by atoms with Crippen LogP contribution in [0.1, 0.15) is 28.3 Å². The van der Waals surface area contributed by atoms with E-state index in [2.05, 4.69) is 5.32 Å². The molecule has 0 saturated carbocycles. The smallest absolute Gasteiger partial charge is 0.244 e. The molecule has 0 saturated heterocycles. The largest absolute Gasteiger partial charge is 0.497 e. The second-order valence-corrected chi connectivity index (χ2v) is 7.50. The van der Waals surface area contributed by atoms with E-state index < -0.39 is 0 Å². The SMILES string of the molecule is COc1ccc(CC(=O)N2CC(=O)Nc3ccc(C)cc3[C@@H]2c2ccccc2)cc1. The minimum absolute atomic E-state index is 0.00226. The van der Waals surface area contributed by atoms with Crippen LogP contribution in [0.3, 0.4) is 0 Å². The number of hydrogen-bond acceptors (Lipinski definition) is 3. The molecule has 1 aliphatic heterocycles. The summed E-state index contributed by atoms with van der Waals surface area (Å²) >= 11 is 0. The van der Waals surface area contributed by atoms with Crippen molar-refractivity contribution in [2.24, 2.45) is 0 Å². The molecule has 1 N–H and O–H groups in total. The van der Waals surface area contributed by atoms with Crippen LogP contribution in [-0.4, -0.2) is 30.4 Å². The van der Waals surface area contributed by atoms with E-state index in [1.165, 1.54) is 0 Å². The highest BCUT2D eigenvalue weighted by molar-refractivity contribution is 5.97. The predicted octanol–water partition coefficient (Wildman–Crippen LogP) is 4.12. The molecule has 5 nitrogen and oxygen atoms in total. The third-order valence-electron chi connectivity index (χ3n) is 5.35. The van der Waals surface area contributed by atoms with Gasteiger partial charge in [0.25, 0.3) is 0 Å². The molecule has 0 radical (unpaired) electrons. The first kappa shape index (κ1) is 19.7. The van der Waals surface area contributed by atoms with Crippen LogP contribution in [0, 0.1) is 6.92 Å². The molecule has 1 heterocycles. The third kappa shape index (κ3) is 4.06. The second kappa shape index (κ2) is 8.41. The average molecular weight is 400 g/mol. The first-order valence-corrected chi connectivity index (χ1v) is 9.93. The lowest BCUT2D eigenvalue weighted by atomic mass is 9.94. The summed E-state index contributed by atoms with van der Waals surface area (Å²) in [5.74, 6) is 0.451. The number of ether oxygens (including phenoxy) is 1. The van der Waals surface area contributed by atoms with E-state index in [9.17, 15) is 9.59 Å². The molecule has 4 rings (SSSR count). The maximum Gasteiger partial charge on any atom is 0.244 e. The highest BCUT2D eigenvalue weighted by Gasteiger charge is 2.33. The average Bonchev–Trinajstić information content (AvgIpc) is 2.90. The summed E-state index contributed by atoms with van der Waals surface area (Å²) in [6.07, 6.45) is 0.210. The van der Waals surface area contributed by atoms with Gasteiger partial charge in [-0.25, -0.2) is 0 Å². The zero-order valence-electron chi connectivity index (χ0n) is 17.1. The number of anilines is 1. The maximum absolute atomic E-state index is 13.4. The third-order valence-corrected chi connectivity index (χ3v) is 5.35. The van der Waals surface area contributed by atoms with Gasteiger partial charge in [0, 0.05) is 11.3 Å². The fourth-order valence-electron chi connectivity index (χ4n) is 3.87. The summed E-state index contributed by atoms with van der Waals surface area (Å²) in [6.45, 7) is 2.01. The van der Waals surface area contributed by atoms with Gasteiger partial charge in [-0.05, 0) is 36.2 Å². The van der Waals surface area contributed by atoms with Crippen LogP contribution >= 0.6 is 0 Å². The van der Waals surface area contributed by atoms with Crippen molar-refractivity contribution in [2.45, 2.75) is 19.4 Å². The Kier molecular flexibility index (Phi) is 5.53. The normalized spacial score (nSPS) is 15.7. The summed E-state index contributed by atoms with van der Waals surface area (Å²) in [5.41, 5.74) is 4.60. The molecule has 0 aliphatic carbocycles. The summed E-state index contributed by atoms with van der Waals surface area (Å²) < 4.78 is 5.20. The lowest BCUT2D eigenvalue weighted by Gasteiger charge is -2.31. The zero-order valence-corrected chi connectivity index (χ0v) is 17.1. The van der Waals surface area contributed by atoms with Gasteiger partial charge in [-0.1, -0.05) is 60.2 Å². The van der Waals surface area contributed by atoms with Crippen molar-refractivity contribution in [3.63, 3.8) is 0 Å². The number of benzene rings is 3. The molecule has 0 spiro atoms. The van der Waals surface area contributed by atoms with Crippen molar-refractivity contribution >= 4 is 17.5 Å². The van der Waals surface area contributed by atoms with Gasteiger partial charge in [0.15, 0.2) is 0 Å². The Morgan fingerprint density at radius 3 is 2.50 bits per heavy atom. The molecule has 5 heteroatoms. The van der Waals surface area contributed by atoms with Crippen LogP contribution < -0.4 is 10.1 Å². The van der Waals surface area contributed by atoms with Gasteiger partial charge in [0.05, 0.1) is 19.6 Å². The highest BCUT2D eigenvalue weighted by Crippen LogP contribution is 2.36. The van der Waals surface area contributed by atoms with E-state index >= 15 is 0 Å². The maximum atomic E-state index is 13.4. The number of aryl methyl sites for hydroxylation is 1. The van der Waals surface area contributed by atoms with Crippen molar-refractivity contribution in [1.29, 1.82) is 0 Å². The zero-order chi connectivity index (χ0) is 21.1. The number of nitrogens with zero attached hydrogens (tertiary/aromatic N) is 1. The monoisotopic (exact) mass is 400 g/mol. The molecule has 3 aromatic carbocycles. The highest BCUT2D eigenvalue weighted by atomic mass is 16.5. The number of amides is 2. The van der Waals surface area contributed by atoms with E-state index in [4.69, 9.17) is 4.74 Å². The second-order valence-electron chi connectivity index (χ2n) is 7.50. The van der Waals surface area contributed by atoms with E-state index in [-0.39, 0.29) is 30.8 Å². The number of methoxy groups -OCH3 is 1. The number of hydrogen-bond donors (Lipinski definition) is 1. The topological polar surface area (TPSA) is 58.6 Å². The molecule has 152 valence electrons. The van der Waals surface area contributed by atoms with Crippen molar-refractivity contribution in [1.82, 2.24) is 4.90 Å². The van der Waals surface area contributed by atoms with Gasteiger partial charge in [0.1, 0.15) is 12.3 Å². The Morgan fingerprint density at radius 1 is 1.07 bits per heavy atom. The van der Waals surface area contributed by atoms with Crippen LogP contribution in [0.4, 0.5) is 5.69 Å². The Labute approximate surface area is 176 Å². The van der Waals surface area contributed by atoms with Crippen LogP contribution in [-0.2, 0) is 16.0 Å².